The van der Waals surface area contributed by atoms with E-state index in [1.54, 1.807) is 18.3 Å². The molecule has 8 heteroatoms. The minimum atomic E-state index is -0.514. The van der Waals surface area contributed by atoms with E-state index in [4.69, 9.17) is 21.1 Å². The maximum absolute atomic E-state index is 11.1. The van der Waals surface area contributed by atoms with Gasteiger partial charge >= 0.3 is 0 Å². The van der Waals surface area contributed by atoms with Crippen LogP contribution in [0.1, 0.15) is 13.8 Å². The SMILES string of the molecule is CCOc1cc2nccc(Nc3ccc(Cl)c([N+](=O)[O-])c3)c2cc1OCC. The Hall–Kier alpha value is -3.06. The lowest BCUT2D eigenvalue weighted by Crippen LogP contribution is -2.00. The van der Waals surface area contributed by atoms with E-state index >= 15 is 0 Å². The molecular weight excluding hydrogens is 370 g/mol. The number of hydrogen-bond donors (Lipinski definition) is 1. The molecule has 0 bridgehead atoms. The number of nitro benzene ring substituents is 1. The third-order valence-electron chi connectivity index (χ3n) is 3.83. The van der Waals surface area contributed by atoms with Gasteiger partial charge in [-0.15, -0.1) is 0 Å². The number of aromatic nitrogens is 1. The monoisotopic (exact) mass is 387 g/mol. The molecule has 0 aliphatic heterocycles. The van der Waals surface area contributed by atoms with Crippen molar-refractivity contribution in [1.29, 1.82) is 0 Å². The minimum Gasteiger partial charge on any atom is -0.490 e. The van der Waals surface area contributed by atoms with Crippen LogP contribution in [0.4, 0.5) is 17.1 Å². The lowest BCUT2D eigenvalue weighted by molar-refractivity contribution is -0.384. The van der Waals surface area contributed by atoms with Gasteiger partial charge < -0.3 is 14.8 Å². The molecule has 0 saturated carbocycles. The molecule has 0 radical (unpaired) electrons. The van der Waals surface area contributed by atoms with Crippen LogP contribution < -0.4 is 14.8 Å². The third-order valence-corrected chi connectivity index (χ3v) is 4.15. The zero-order valence-electron chi connectivity index (χ0n) is 14.9. The van der Waals surface area contributed by atoms with Crippen LogP contribution in [-0.4, -0.2) is 23.1 Å². The Kier molecular flexibility index (Phi) is 5.61. The topological polar surface area (TPSA) is 86.5 Å². The summed E-state index contributed by atoms with van der Waals surface area (Å²) in [6.07, 6.45) is 1.66. The van der Waals surface area contributed by atoms with Gasteiger partial charge in [-0.25, -0.2) is 0 Å². The molecule has 0 amide bonds. The Morgan fingerprint density at radius 3 is 2.48 bits per heavy atom. The molecule has 27 heavy (non-hydrogen) atoms. The van der Waals surface area contributed by atoms with Crippen LogP contribution in [0.2, 0.25) is 5.02 Å². The third kappa shape index (κ3) is 4.03. The lowest BCUT2D eigenvalue weighted by Gasteiger charge is -2.14. The van der Waals surface area contributed by atoms with Crippen molar-refractivity contribution in [3.63, 3.8) is 0 Å². The molecule has 0 atom stereocenters. The van der Waals surface area contributed by atoms with Crippen LogP contribution in [0.15, 0.2) is 42.6 Å². The average Bonchev–Trinajstić information content (AvgIpc) is 2.64. The molecule has 7 nitrogen and oxygen atoms in total. The molecule has 140 valence electrons. The molecule has 0 unspecified atom stereocenters. The molecule has 2 aromatic carbocycles. The van der Waals surface area contributed by atoms with Crippen molar-refractivity contribution in [2.75, 3.05) is 18.5 Å². The Labute approximate surface area is 161 Å². The summed E-state index contributed by atoms with van der Waals surface area (Å²) in [6.45, 7) is 4.81. The average molecular weight is 388 g/mol. The van der Waals surface area contributed by atoms with E-state index in [1.807, 2.05) is 26.0 Å². The van der Waals surface area contributed by atoms with Gasteiger partial charge in [-0.2, -0.15) is 0 Å². The minimum absolute atomic E-state index is 0.0881. The molecule has 3 rings (SSSR count). The van der Waals surface area contributed by atoms with Gasteiger partial charge in [0.25, 0.3) is 5.69 Å². The highest BCUT2D eigenvalue weighted by molar-refractivity contribution is 6.32. The molecular formula is C19H18ClN3O4. The van der Waals surface area contributed by atoms with Crippen LogP contribution in [0.5, 0.6) is 11.5 Å². The van der Waals surface area contributed by atoms with Crippen molar-refractivity contribution in [3.8, 4) is 11.5 Å². The van der Waals surface area contributed by atoms with Gasteiger partial charge in [0.05, 0.1) is 23.7 Å². The highest BCUT2D eigenvalue weighted by Crippen LogP contribution is 2.36. The second-order valence-electron chi connectivity index (χ2n) is 5.59. The summed E-state index contributed by atoms with van der Waals surface area (Å²) in [5.74, 6) is 1.24. The number of nitro groups is 1. The number of anilines is 2. The number of benzene rings is 2. The van der Waals surface area contributed by atoms with Gasteiger partial charge in [0.1, 0.15) is 5.02 Å². The van der Waals surface area contributed by atoms with Crippen molar-refractivity contribution < 1.29 is 14.4 Å². The Morgan fingerprint density at radius 1 is 1.11 bits per heavy atom. The number of ether oxygens (including phenoxy) is 2. The van der Waals surface area contributed by atoms with Gasteiger partial charge in [0.15, 0.2) is 11.5 Å². The highest BCUT2D eigenvalue weighted by atomic mass is 35.5. The summed E-state index contributed by atoms with van der Waals surface area (Å²) in [7, 11) is 0. The van der Waals surface area contributed by atoms with Crippen LogP contribution in [0.3, 0.4) is 0 Å². The predicted molar refractivity (Wildman–Crippen MR) is 105 cm³/mol. The smallest absolute Gasteiger partial charge is 0.289 e. The molecule has 0 spiro atoms. The standard InChI is InChI=1S/C19H18ClN3O4/c1-3-26-18-10-13-15(7-8-21-16(13)11-19(18)27-4-2)22-12-5-6-14(20)17(9-12)23(24)25/h5-11H,3-4H2,1-2H3,(H,21,22). The number of pyridine rings is 1. The van der Waals surface area contributed by atoms with E-state index in [2.05, 4.69) is 10.3 Å². The molecule has 1 heterocycles. The summed E-state index contributed by atoms with van der Waals surface area (Å²) >= 11 is 5.88. The molecule has 0 aliphatic carbocycles. The second-order valence-corrected chi connectivity index (χ2v) is 6.00. The first-order valence-corrected chi connectivity index (χ1v) is 8.80. The van der Waals surface area contributed by atoms with E-state index in [0.717, 1.165) is 16.6 Å². The zero-order valence-corrected chi connectivity index (χ0v) is 15.6. The normalized spacial score (nSPS) is 10.6. The first kappa shape index (κ1) is 18.7. The van der Waals surface area contributed by atoms with Crippen molar-refractivity contribution in [3.05, 3.63) is 57.7 Å². The maximum atomic E-state index is 11.1. The summed E-state index contributed by atoms with van der Waals surface area (Å²) in [4.78, 5) is 15.0. The highest BCUT2D eigenvalue weighted by Gasteiger charge is 2.15. The number of fused-ring (bicyclic) bond motifs is 1. The van der Waals surface area contributed by atoms with Crippen LogP contribution in [-0.2, 0) is 0 Å². The molecule has 3 aromatic rings. The first-order chi connectivity index (χ1) is 13.0. The van der Waals surface area contributed by atoms with Gasteiger partial charge in [-0.3, -0.25) is 15.1 Å². The van der Waals surface area contributed by atoms with E-state index in [0.29, 0.717) is 30.4 Å². The van der Waals surface area contributed by atoms with E-state index < -0.39 is 4.92 Å². The lowest BCUT2D eigenvalue weighted by atomic mass is 10.1. The Bertz CT molecular complexity index is 994. The van der Waals surface area contributed by atoms with Crippen LogP contribution >= 0.6 is 11.6 Å². The number of halogens is 1. The fourth-order valence-corrected chi connectivity index (χ4v) is 2.87. The molecule has 0 aliphatic rings. The van der Waals surface area contributed by atoms with Gasteiger partial charge in [0.2, 0.25) is 0 Å². The fraction of sp³-hybridized carbons (Fsp3) is 0.211. The Morgan fingerprint density at radius 2 is 1.81 bits per heavy atom. The fourth-order valence-electron chi connectivity index (χ4n) is 2.69. The van der Waals surface area contributed by atoms with Crippen molar-refractivity contribution in [2.24, 2.45) is 0 Å². The molecule has 0 saturated heterocycles. The predicted octanol–water partition coefficient (Wildman–Crippen LogP) is 5.34. The van der Waals surface area contributed by atoms with E-state index in [-0.39, 0.29) is 10.7 Å². The van der Waals surface area contributed by atoms with Gasteiger partial charge in [-0.1, -0.05) is 11.6 Å². The van der Waals surface area contributed by atoms with Crippen molar-refractivity contribution in [1.82, 2.24) is 4.98 Å². The second kappa shape index (κ2) is 8.09. The van der Waals surface area contributed by atoms with E-state index in [9.17, 15) is 10.1 Å². The van der Waals surface area contributed by atoms with Crippen molar-refractivity contribution >= 4 is 39.6 Å². The Balaban J connectivity index is 2.05. The summed E-state index contributed by atoms with van der Waals surface area (Å²) in [5.41, 5.74) is 1.84. The first-order valence-electron chi connectivity index (χ1n) is 8.42. The zero-order chi connectivity index (χ0) is 19.4. The van der Waals surface area contributed by atoms with Gasteiger partial charge in [-0.05, 0) is 38.1 Å². The molecule has 1 aromatic heterocycles. The molecule has 0 fully saturated rings. The van der Waals surface area contributed by atoms with Crippen LogP contribution in [0, 0.1) is 10.1 Å². The summed E-state index contributed by atoms with van der Waals surface area (Å²) in [6, 6.07) is 10.0. The summed E-state index contributed by atoms with van der Waals surface area (Å²) in [5, 5.41) is 15.2. The largest absolute Gasteiger partial charge is 0.490 e. The number of rotatable bonds is 7. The van der Waals surface area contributed by atoms with Gasteiger partial charge in [0, 0.05) is 35.1 Å². The maximum Gasteiger partial charge on any atom is 0.289 e. The molecule has 1 N–H and O–H groups in total. The number of nitrogens with zero attached hydrogens (tertiary/aromatic N) is 2. The summed E-state index contributed by atoms with van der Waals surface area (Å²) < 4.78 is 11.3. The quantitative estimate of drug-likeness (QED) is 0.435. The van der Waals surface area contributed by atoms with Crippen molar-refractivity contribution in [2.45, 2.75) is 13.8 Å². The number of hydrogen-bond acceptors (Lipinski definition) is 6. The van der Waals surface area contributed by atoms with Crippen LogP contribution in [0.25, 0.3) is 10.9 Å². The van der Waals surface area contributed by atoms with E-state index in [1.165, 1.54) is 12.1 Å². The number of nitrogens with one attached hydrogen (secondary N) is 1.